The summed E-state index contributed by atoms with van der Waals surface area (Å²) in [6.45, 7) is 2.95. The molecular weight excluding hydrogens is 332 g/mol. The Balaban J connectivity index is 1.40. The van der Waals surface area contributed by atoms with E-state index in [9.17, 15) is 9.59 Å². The monoisotopic (exact) mass is 352 g/mol. The molecule has 6 nitrogen and oxygen atoms in total. The summed E-state index contributed by atoms with van der Waals surface area (Å²) in [6.07, 6.45) is 1.11. The van der Waals surface area contributed by atoms with E-state index in [1.165, 1.54) is 10.1 Å². The van der Waals surface area contributed by atoms with Gasteiger partial charge in [0.1, 0.15) is 5.75 Å². The Bertz CT molecular complexity index is 1020. The lowest BCUT2D eigenvalue weighted by Gasteiger charge is -2.15. The van der Waals surface area contributed by atoms with Gasteiger partial charge in [-0.3, -0.25) is 9.36 Å². The van der Waals surface area contributed by atoms with E-state index in [0.717, 1.165) is 17.7 Å². The first-order chi connectivity index (χ1) is 12.6. The first-order valence-electron chi connectivity index (χ1n) is 8.75. The van der Waals surface area contributed by atoms with E-state index in [-0.39, 0.29) is 24.9 Å². The van der Waals surface area contributed by atoms with E-state index in [4.69, 9.17) is 9.15 Å². The topological polar surface area (TPSA) is 73.5 Å². The van der Waals surface area contributed by atoms with Crippen molar-refractivity contribution in [2.75, 3.05) is 6.61 Å². The number of fused-ring (bicyclic) bond motifs is 2. The highest BCUT2D eigenvalue weighted by Crippen LogP contribution is 2.28. The number of benzene rings is 2. The van der Waals surface area contributed by atoms with Gasteiger partial charge in [-0.1, -0.05) is 18.2 Å². The SMILES string of the molecule is C[C@H](NC(=O)CCn1c(=O)oc2ccccc21)c1ccc2c(c1)CCO2. The van der Waals surface area contributed by atoms with Crippen molar-refractivity contribution in [3.63, 3.8) is 0 Å². The van der Waals surface area contributed by atoms with E-state index in [1.54, 1.807) is 6.07 Å². The Kier molecular flexibility index (Phi) is 4.24. The zero-order valence-corrected chi connectivity index (χ0v) is 14.5. The second kappa shape index (κ2) is 6.71. The first kappa shape index (κ1) is 16.4. The Labute approximate surface area is 150 Å². The van der Waals surface area contributed by atoms with Crippen molar-refractivity contribution in [2.45, 2.75) is 32.4 Å². The van der Waals surface area contributed by atoms with Crippen LogP contribution < -0.4 is 15.8 Å². The number of carbonyl (C=O) groups excluding carboxylic acids is 1. The molecule has 0 saturated heterocycles. The fraction of sp³-hybridized carbons (Fsp3) is 0.300. The second-order valence-corrected chi connectivity index (χ2v) is 6.49. The Morgan fingerprint density at radius 3 is 3.00 bits per heavy atom. The van der Waals surface area contributed by atoms with Crippen LogP contribution in [0.25, 0.3) is 11.1 Å². The van der Waals surface area contributed by atoms with Crippen LogP contribution in [0.5, 0.6) is 5.75 Å². The van der Waals surface area contributed by atoms with Gasteiger partial charge in [-0.15, -0.1) is 0 Å². The highest BCUT2D eigenvalue weighted by molar-refractivity contribution is 5.77. The Morgan fingerprint density at radius 1 is 1.27 bits per heavy atom. The van der Waals surface area contributed by atoms with Gasteiger partial charge in [0.2, 0.25) is 5.91 Å². The van der Waals surface area contributed by atoms with E-state index in [2.05, 4.69) is 11.4 Å². The number of ether oxygens (including phenoxy) is 1. The molecule has 0 fully saturated rings. The molecule has 0 unspecified atom stereocenters. The van der Waals surface area contributed by atoms with E-state index < -0.39 is 5.76 Å². The maximum atomic E-state index is 12.3. The van der Waals surface area contributed by atoms with Crippen molar-refractivity contribution >= 4 is 17.0 Å². The minimum absolute atomic E-state index is 0.105. The molecule has 1 atom stereocenters. The molecule has 1 aromatic heterocycles. The molecule has 134 valence electrons. The number of nitrogens with zero attached hydrogens (tertiary/aromatic N) is 1. The smallest absolute Gasteiger partial charge is 0.419 e. The molecule has 1 amide bonds. The van der Waals surface area contributed by atoms with Gasteiger partial charge in [-0.25, -0.2) is 4.79 Å². The summed E-state index contributed by atoms with van der Waals surface area (Å²) in [5, 5.41) is 2.99. The second-order valence-electron chi connectivity index (χ2n) is 6.49. The van der Waals surface area contributed by atoms with Crippen LogP contribution in [0.2, 0.25) is 0 Å². The number of para-hydroxylation sites is 2. The molecule has 4 rings (SSSR count). The van der Waals surface area contributed by atoms with Crippen molar-refractivity contribution in [1.82, 2.24) is 9.88 Å². The van der Waals surface area contributed by atoms with Crippen LogP contribution in [0.1, 0.15) is 30.5 Å². The number of hydrogen-bond acceptors (Lipinski definition) is 4. The molecule has 0 radical (unpaired) electrons. The van der Waals surface area contributed by atoms with E-state index >= 15 is 0 Å². The average Bonchev–Trinajstić information content (AvgIpc) is 3.22. The highest BCUT2D eigenvalue weighted by Gasteiger charge is 2.16. The largest absolute Gasteiger partial charge is 0.493 e. The minimum Gasteiger partial charge on any atom is -0.493 e. The summed E-state index contributed by atoms with van der Waals surface area (Å²) in [6, 6.07) is 13.1. The molecule has 2 heterocycles. The summed E-state index contributed by atoms with van der Waals surface area (Å²) in [5.74, 6) is 0.385. The third-order valence-corrected chi connectivity index (χ3v) is 4.73. The zero-order chi connectivity index (χ0) is 18.1. The molecule has 1 aliphatic rings. The van der Waals surface area contributed by atoms with Gasteiger partial charge in [0, 0.05) is 19.4 Å². The predicted molar refractivity (Wildman–Crippen MR) is 97.3 cm³/mol. The molecule has 0 aliphatic carbocycles. The Hall–Kier alpha value is -3.02. The Morgan fingerprint density at radius 2 is 2.12 bits per heavy atom. The normalized spacial score (nSPS) is 14.0. The molecule has 2 aromatic carbocycles. The fourth-order valence-corrected chi connectivity index (χ4v) is 3.31. The average molecular weight is 352 g/mol. The lowest BCUT2D eigenvalue weighted by molar-refractivity contribution is -0.121. The van der Waals surface area contributed by atoms with Crippen LogP contribution in [0.4, 0.5) is 0 Å². The van der Waals surface area contributed by atoms with Crippen LogP contribution >= 0.6 is 0 Å². The number of hydrogen-bond donors (Lipinski definition) is 1. The lowest BCUT2D eigenvalue weighted by Crippen LogP contribution is -2.28. The van der Waals surface area contributed by atoms with Crippen LogP contribution in [-0.4, -0.2) is 17.1 Å². The maximum absolute atomic E-state index is 12.3. The van der Waals surface area contributed by atoms with Crippen molar-refractivity contribution < 1.29 is 13.9 Å². The zero-order valence-electron chi connectivity index (χ0n) is 14.5. The number of aryl methyl sites for hydroxylation is 1. The summed E-state index contributed by atoms with van der Waals surface area (Å²) in [4.78, 5) is 24.3. The van der Waals surface area contributed by atoms with Crippen molar-refractivity contribution in [2.24, 2.45) is 0 Å². The molecule has 0 bridgehead atoms. The van der Waals surface area contributed by atoms with Gasteiger partial charge in [0.25, 0.3) is 0 Å². The molecule has 1 N–H and O–H groups in total. The maximum Gasteiger partial charge on any atom is 0.419 e. The third-order valence-electron chi connectivity index (χ3n) is 4.73. The molecule has 3 aromatic rings. The molecular formula is C20H20N2O4. The summed E-state index contributed by atoms with van der Waals surface area (Å²) < 4.78 is 12.2. The fourth-order valence-electron chi connectivity index (χ4n) is 3.31. The van der Waals surface area contributed by atoms with E-state index in [0.29, 0.717) is 17.7 Å². The lowest BCUT2D eigenvalue weighted by atomic mass is 10.0. The van der Waals surface area contributed by atoms with Gasteiger partial charge in [-0.05, 0) is 42.3 Å². The van der Waals surface area contributed by atoms with Gasteiger partial charge in [0.05, 0.1) is 18.2 Å². The molecule has 1 aliphatic heterocycles. The van der Waals surface area contributed by atoms with Crippen molar-refractivity contribution in [1.29, 1.82) is 0 Å². The van der Waals surface area contributed by atoms with Gasteiger partial charge in [-0.2, -0.15) is 0 Å². The first-order valence-corrected chi connectivity index (χ1v) is 8.75. The quantitative estimate of drug-likeness (QED) is 0.766. The molecule has 26 heavy (non-hydrogen) atoms. The molecule has 0 spiro atoms. The van der Waals surface area contributed by atoms with Gasteiger partial charge < -0.3 is 14.5 Å². The van der Waals surface area contributed by atoms with Gasteiger partial charge >= 0.3 is 5.76 Å². The summed E-state index contributed by atoms with van der Waals surface area (Å²) in [7, 11) is 0. The van der Waals surface area contributed by atoms with Crippen LogP contribution in [0.15, 0.2) is 51.7 Å². The highest BCUT2D eigenvalue weighted by atomic mass is 16.5. The number of carbonyl (C=O) groups is 1. The summed E-state index contributed by atoms with van der Waals surface area (Å²) >= 11 is 0. The minimum atomic E-state index is -0.439. The number of rotatable bonds is 5. The van der Waals surface area contributed by atoms with Crippen LogP contribution in [0.3, 0.4) is 0 Å². The van der Waals surface area contributed by atoms with Crippen molar-refractivity contribution in [3.05, 3.63) is 64.1 Å². The van der Waals surface area contributed by atoms with Crippen LogP contribution in [-0.2, 0) is 17.8 Å². The van der Waals surface area contributed by atoms with E-state index in [1.807, 2.05) is 37.3 Å². The number of oxazole rings is 1. The third kappa shape index (κ3) is 3.10. The number of nitrogens with one attached hydrogen (secondary N) is 1. The standard InChI is InChI=1S/C20H20N2O4/c1-13(14-6-7-17-15(12-14)9-11-25-17)21-19(23)8-10-22-16-4-2-3-5-18(16)26-20(22)24/h2-7,12-13H,8-11H2,1H3,(H,21,23)/t13-/m0/s1. The number of amides is 1. The number of aromatic nitrogens is 1. The summed E-state index contributed by atoms with van der Waals surface area (Å²) in [5.41, 5.74) is 3.47. The molecule has 0 saturated carbocycles. The predicted octanol–water partition coefficient (Wildman–Crippen LogP) is 2.80. The molecule has 6 heteroatoms. The van der Waals surface area contributed by atoms with Gasteiger partial charge in [0.15, 0.2) is 5.58 Å². The van der Waals surface area contributed by atoms with Crippen molar-refractivity contribution in [3.8, 4) is 5.75 Å². The van der Waals surface area contributed by atoms with Crippen LogP contribution in [0, 0.1) is 0 Å².